The third-order valence-electron chi connectivity index (χ3n) is 2.64. The van der Waals surface area contributed by atoms with E-state index in [0.717, 1.165) is 21.7 Å². The first-order chi connectivity index (χ1) is 8.77. The van der Waals surface area contributed by atoms with E-state index < -0.39 is 0 Å². The number of aromatic nitrogens is 1. The molecule has 3 rings (SSSR count). The van der Waals surface area contributed by atoms with Crippen LogP contribution in [0.2, 0.25) is 0 Å². The smallest absolute Gasteiger partial charge is 0.256 e. The molecule has 2 nitrogen and oxygen atoms in total. The highest BCUT2D eigenvalue weighted by atomic mass is 16.1. The molecule has 18 heavy (non-hydrogen) atoms. The SMILES string of the molecule is CCC.O=c1[nH]c2ccccc2c2ccccc12. The largest absolute Gasteiger partial charge is 0.321 e. The van der Waals surface area contributed by atoms with Crippen molar-refractivity contribution in [2.75, 3.05) is 0 Å². The highest BCUT2D eigenvalue weighted by molar-refractivity contribution is 6.04. The van der Waals surface area contributed by atoms with E-state index in [-0.39, 0.29) is 5.56 Å². The van der Waals surface area contributed by atoms with Crippen molar-refractivity contribution >= 4 is 21.7 Å². The molecule has 0 radical (unpaired) electrons. The molecule has 0 amide bonds. The summed E-state index contributed by atoms with van der Waals surface area (Å²) in [7, 11) is 0. The summed E-state index contributed by atoms with van der Waals surface area (Å²) in [6, 6.07) is 15.5. The van der Waals surface area contributed by atoms with Crippen LogP contribution in [-0.2, 0) is 0 Å². The van der Waals surface area contributed by atoms with Crippen LogP contribution in [0.4, 0.5) is 0 Å². The maximum atomic E-state index is 11.7. The van der Waals surface area contributed by atoms with Gasteiger partial charge in [-0.25, -0.2) is 0 Å². The second-order valence-electron chi connectivity index (χ2n) is 4.25. The van der Waals surface area contributed by atoms with Gasteiger partial charge in [0.1, 0.15) is 0 Å². The van der Waals surface area contributed by atoms with E-state index in [0.29, 0.717) is 0 Å². The summed E-state index contributed by atoms with van der Waals surface area (Å²) in [6.07, 6.45) is 1.25. The lowest BCUT2D eigenvalue weighted by Gasteiger charge is -2.02. The minimum absolute atomic E-state index is 0.0238. The monoisotopic (exact) mass is 239 g/mol. The molecule has 2 aromatic carbocycles. The van der Waals surface area contributed by atoms with Gasteiger partial charge in [0.2, 0.25) is 0 Å². The molecule has 0 saturated heterocycles. The number of aromatic amines is 1. The molecule has 3 aromatic rings. The van der Waals surface area contributed by atoms with Crippen molar-refractivity contribution in [3.63, 3.8) is 0 Å². The minimum Gasteiger partial charge on any atom is -0.321 e. The van der Waals surface area contributed by atoms with Gasteiger partial charge in [-0.05, 0) is 17.5 Å². The molecule has 0 aliphatic rings. The molecule has 0 fully saturated rings. The first-order valence-corrected chi connectivity index (χ1v) is 6.27. The summed E-state index contributed by atoms with van der Waals surface area (Å²) >= 11 is 0. The van der Waals surface area contributed by atoms with Crippen LogP contribution >= 0.6 is 0 Å². The minimum atomic E-state index is -0.0238. The zero-order valence-electron chi connectivity index (χ0n) is 10.7. The number of para-hydroxylation sites is 1. The van der Waals surface area contributed by atoms with Gasteiger partial charge < -0.3 is 4.98 Å². The van der Waals surface area contributed by atoms with Gasteiger partial charge in [-0.3, -0.25) is 4.79 Å². The summed E-state index contributed by atoms with van der Waals surface area (Å²) in [5, 5.41) is 2.85. The number of fused-ring (bicyclic) bond motifs is 3. The second-order valence-corrected chi connectivity index (χ2v) is 4.25. The first kappa shape index (κ1) is 12.4. The number of hydrogen-bond acceptors (Lipinski definition) is 1. The third kappa shape index (κ3) is 2.28. The van der Waals surface area contributed by atoms with Gasteiger partial charge in [-0.2, -0.15) is 0 Å². The molecule has 0 spiro atoms. The number of nitrogens with one attached hydrogen (secondary N) is 1. The fourth-order valence-corrected chi connectivity index (χ4v) is 1.93. The molecule has 0 unspecified atom stereocenters. The van der Waals surface area contributed by atoms with Crippen molar-refractivity contribution in [1.29, 1.82) is 0 Å². The molecule has 0 aliphatic carbocycles. The summed E-state index contributed by atoms with van der Waals surface area (Å²) in [5.74, 6) is 0. The third-order valence-corrected chi connectivity index (χ3v) is 2.64. The lowest BCUT2D eigenvalue weighted by atomic mass is 10.1. The topological polar surface area (TPSA) is 32.9 Å². The van der Waals surface area contributed by atoms with Crippen LogP contribution in [0.1, 0.15) is 20.3 Å². The van der Waals surface area contributed by atoms with E-state index >= 15 is 0 Å². The van der Waals surface area contributed by atoms with Gasteiger partial charge in [-0.15, -0.1) is 0 Å². The molecule has 1 N–H and O–H groups in total. The van der Waals surface area contributed by atoms with Crippen LogP contribution in [0, 0.1) is 0 Å². The fraction of sp³-hybridized carbons (Fsp3) is 0.188. The Balaban J connectivity index is 0.000000367. The molecule has 0 bridgehead atoms. The summed E-state index contributed by atoms with van der Waals surface area (Å²) < 4.78 is 0. The van der Waals surface area contributed by atoms with Crippen LogP contribution in [0.3, 0.4) is 0 Å². The van der Waals surface area contributed by atoms with E-state index in [1.807, 2.05) is 48.5 Å². The predicted octanol–water partition coefficient (Wildman–Crippen LogP) is 4.10. The Kier molecular flexibility index (Phi) is 3.78. The Hall–Kier alpha value is -2.09. The molecule has 0 atom stereocenters. The molecule has 2 heteroatoms. The highest BCUT2D eigenvalue weighted by Crippen LogP contribution is 2.19. The van der Waals surface area contributed by atoms with E-state index in [4.69, 9.17) is 0 Å². The zero-order valence-corrected chi connectivity index (χ0v) is 10.7. The van der Waals surface area contributed by atoms with Crippen LogP contribution in [0.5, 0.6) is 0 Å². The molecular formula is C16H17NO. The molecule has 92 valence electrons. The van der Waals surface area contributed by atoms with Crippen molar-refractivity contribution in [3.05, 3.63) is 58.9 Å². The first-order valence-electron chi connectivity index (χ1n) is 6.27. The lowest BCUT2D eigenvalue weighted by Crippen LogP contribution is -2.05. The van der Waals surface area contributed by atoms with Crippen LogP contribution in [-0.4, -0.2) is 4.98 Å². The number of hydrogen-bond donors (Lipinski definition) is 1. The Morgan fingerprint density at radius 2 is 1.33 bits per heavy atom. The van der Waals surface area contributed by atoms with E-state index in [9.17, 15) is 4.79 Å². The Morgan fingerprint density at radius 3 is 2.00 bits per heavy atom. The highest BCUT2D eigenvalue weighted by Gasteiger charge is 2.02. The number of benzene rings is 2. The predicted molar refractivity (Wildman–Crippen MR) is 78.0 cm³/mol. The van der Waals surface area contributed by atoms with Gasteiger partial charge in [0.05, 0.1) is 0 Å². The van der Waals surface area contributed by atoms with Gasteiger partial charge in [-0.1, -0.05) is 56.7 Å². The van der Waals surface area contributed by atoms with E-state index in [1.165, 1.54) is 6.42 Å². The normalized spacial score (nSPS) is 10.1. The fourth-order valence-electron chi connectivity index (χ4n) is 1.93. The van der Waals surface area contributed by atoms with Gasteiger partial charge >= 0.3 is 0 Å². The maximum absolute atomic E-state index is 11.7. The Labute approximate surface area is 106 Å². The second kappa shape index (κ2) is 5.50. The maximum Gasteiger partial charge on any atom is 0.256 e. The molecule has 0 aliphatic heterocycles. The van der Waals surface area contributed by atoms with Gasteiger partial charge in [0, 0.05) is 16.3 Å². The van der Waals surface area contributed by atoms with Crippen LogP contribution in [0.15, 0.2) is 53.3 Å². The standard InChI is InChI=1S/C13H9NO.C3H8/c15-13-11-7-2-1-5-9(11)10-6-3-4-8-12(10)14-13;1-3-2/h1-8H,(H,14,15);3H2,1-2H3. The van der Waals surface area contributed by atoms with Crippen molar-refractivity contribution in [2.45, 2.75) is 20.3 Å². The van der Waals surface area contributed by atoms with Crippen LogP contribution in [0.25, 0.3) is 21.7 Å². The van der Waals surface area contributed by atoms with Gasteiger partial charge in [0.25, 0.3) is 5.56 Å². The molecule has 1 heterocycles. The summed E-state index contributed by atoms with van der Waals surface area (Å²) in [5.41, 5.74) is 0.866. The number of pyridine rings is 1. The van der Waals surface area contributed by atoms with Crippen molar-refractivity contribution < 1.29 is 0 Å². The molecule has 0 saturated carbocycles. The quantitative estimate of drug-likeness (QED) is 0.589. The molecule has 1 aromatic heterocycles. The average molecular weight is 239 g/mol. The Morgan fingerprint density at radius 1 is 0.833 bits per heavy atom. The zero-order chi connectivity index (χ0) is 13.0. The van der Waals surface area contributed by atoms with E-state index in [2.05, 4.69) is 18.8 Å². The van der Waals surface area contributed by atoms with Crippen molar-refractivity contribution in [3.8, 4) is 0 Å². The lowest BCUT2D eigenvalue weighted by molar-refractivity contribution is 1.09. The number of H-pyrrole nitrogens is 1. The average Bonchev–Trinajstić information content (AvgIpc) is 2.40. The van der Waals surface area contributed by atoms with Gasteiger partial charge in [0.15, 0.2) is 0 Å². The Bertz CT molecular complexity index is 713. The van der Waals surface area contributed by atoms with Crippen molar-refractivity contribution in [2.24, 2.45) is 0 Å². The van der Waals surface area contributed by atoms with Crippen LogP contribution < -0.4 is 5.56 Å². The van der Waals surface area contributed by atoms with Crippen molar-refractivity contribution in [1.82, 2.24) is 4.98 Å². The van der Waals surface area contributed by atoms with E-state index in [1.54, 1.807) is 0 Å². The summed E-state index contributed by atoms with van der Waals surface area (Å²) in [6.45, 7) is 4.25. The number of rotatable bonds is 0. The molecular weight excluding hydrogens is 222 g/mol. The summed E-state index contributed by atoms with van der Waals surface area (Å²) in [4.78, 5) is 14.6.